The lowest BCUT2D eigenvalue weighted by molar-refractivity contribution is 0.0964. The molecule has 1 amide bonds. The number of carbonyl (C=O) groups excluding carboxylic acids is 1. The van der Waals surface area contributed by atoms with Crippen molar-refractivity contribution in [3.63, 3.8) is 0 Å². The molecule has 2 aromatic heterocycles. The lowest BCUT2D eigenvalue weighted by atomic mass is 9.96. The number of oxazole rings is 1. The van der Waals surface area contributed by atoms with Gasteiger partial charge in [-0.15, -0.1) is 0 Å². The Morgan fingerprint density at radius 1 is 0.929 bits per heavy atom. The summed E-state index contributed by atoms with van der Waals surface area (Å²) in [6.07, 6.45) is 0. The molecule has 0 atom stereocenters. The van der Waals surface area contributed by atoms with Crippen LogP contribution >= 0.6 is 0 Å². The Hall–Kier alpha value is -5.18. The van der Waals surface area contributed by atoms with E-state index >= 15 is 0 Å². The van der Waals surface area contributed by atoms with Crippen LogP contribution in [0.15, 0.2) is 81.6 Å². The number of hydrogen-bond acceptors (Lipinski definition) is 6. The molecule has 4 aromatic carbocycles. The highest BCUT2D eigenvalue weighted by molar-refractivity contribution is 6.13. The molecule has 0 saturated carbocycles. The fraction of sp³-hybridized carbons (Fsp3) is 0.152. The zero-order valence-corrected chi connectivity index (χ0v) is 23.4. The molecule has 0 aliphatic rings. The third-order valence-electron chi connectivity index (χ3n) is 7.04. The Morgan fingerprint density at radius 2 is 1.69 bits per heavy atom. The first-order valence-electron chi connectivity index (χ1n) is 13.4. The van der Waals surface area contributed by atoms with Gasteiger partial charge in [-0.3, -0.25) is 4.79 Å². The molecule has 0 saturated heterocycles. The van der Waals surface area contributed by atoms with Gasteiger partial charge in [-0.1, -0.05) is 12.1 Å². The summed E-state index contributed by atoms with van der Waals surface area (Å²) in [6.45, 7) is 2.28. The van der Waals surface area contributed by atoms with Crippen molar-refractivity contribution in [3.05, 3.63) is 90.0 Å². The Labute approximate surface area is 240 Å². The Morgan fingerprint density at radius 3 is 2.38 bits per heavy atom. The molecule has 0 spiro atoms. The smallest absolute Gasteiger partial charge is 0.255 e. The monoisotopic (exact) mass is 567 g/mol. The molecule has 42 heavy (non-hydrogen) atoms. The lowest BCUT2D eigenvalue weighted by Crippen LogP contribution is -2.18. The van der Waals surface area contributed by atoms with E-state index in [-0.39, 0.29) is 23.1 Å². The predicted molar refractivity (Wildman–Crippen MR) is 159 cm³/mol. The molecule has 0 radical (unpaired) electrons. The number of benzene rings is 4. The minimum atomic E-state index is -0.476. The van der Waals surface area contributed by atoms with Crippen LogP contribution in [0.3, 0.4) is 0 Å². The number of ether oxygens (including phenoxy) is 1. The fourth-order valence-corrected chi connectivity index (χ4v) is 5.06. The fourth-order valence-electron chi connectivity index (χ4n) is 5.06. The number of halogens is 2. The van der Waals surface area contributed by atoms with Crippen LogP contribution in [0.25, 0.3) is 56.0 Å². The Bertz CT molecular complexity index is 1960. The van der Waals surface area contributed by atoms with E-state index in [0.717, 1.165) is 16.8 Å². The van der Waals surface area contributed by atoms with Gasteiger partial charge in [0.1, 0.15) is 28.4 Å². The zero-order valence-electron chi connectivity index (χ0n) is 23.4. The molecular weight excluding hydrogens is 540 g/mol. The third kappa shape index (κ3) is 4.62. The number of amides is 1. The molecule has 1 N–H and O–H groups in total. The van der Waals surface area contributed by atoms with Crippen LogP contribution in [-0.2, 0) is 0 Å². The van der Waals surface area contributed by atoms with E-state index in [0.29, 0.717) is 51.4 Å². The normalized spacial score (nSPS) is 11.3. The molecule has 7 nitrogen and oxygen atoms in total. The maximum atomic E-state index is 14.5. The molecular formula is C33H27F2N3O4. The van der Waals surface area contributed by atoms with Gasteiger partial charge >= 0.3 is 0 Å². The number of para-hydroxylation sites is 1. The number of fused-ring (bicyclic) bond motifs is 2. The molecule has 6 rings (SSSR count). The van der Waals surface area contributed by atoms with Crippen molar-refractivity contribution in [2.24, 2.45) is 0 Å². The molecule has 0 bridgehead atoms. The highest BCUT2D eigenvalue weighted by Crippen LogP contribution is 2.43. The quantitative estimate of drug-likeness (QED) is 0.213. The molecule has 0 aliphatic heterocycles. The van der Waals surface area contributed by atoms with Crippen molar-refractivity contribution >= 4 is 33.7 Å². The van der Waals surface area contributed by atoms with Crippen molar-refractivity contribution in [1.82, 2.24) is 10.3 Å². The van der Waals surface area contributed by atoms with Crippen molar-refractivity contribution < 1.29 is 27.1 Å². The minimum Gasteiger partial charge on any atom is -0.493 e. The summed E-state index contributed by atoms with van der Waals surface area (Å²) >= 11 is 0. The van der Waals surface area contributed by atoms with Gasteiger partial charge < -0.3 is 23.8 Å². The average Bonchev–Trinajstić information content (AvgIpc) is 3.59. The second-order valence-electron chi connectivity index (χ2n) is 9.90. The van der Waals surface area contributed by atoms with Gasteiger partial charge in [-0.05, 0) is 67.1 Å². The molecule has 6 aromatic rings. The van der Waals surface area contributed by atoms with Gasteiger partial charge in [-0.25, -0.2) is 13.8 Å². The van der Waals surface area contributed by atoms with Crippen molar-refractivity contribution in [2.75, 3.05) is 32.6 Å². The predicted octanol–water partition coefficient (Wildman–Crippen LogP) is 7.68. The Kier molecular flexibility index (Phi) is 6.86. The number of aromatic nitrogens is 1. The minimum absolute atomic E-state index is 0.137. The van der Waals surface area contributed by atoms with Gasteiger partial charge in [0.15, 0.2) is 11.4 Å². The highest BCUT2D eigenvalue weighted by Gasteiger charge is 2.25. The van der Waals surface area contributed by atoms with Gasteiger partial charge in [0.25, 0.3) is 5.91 Å². The second kappa shape index (κ2) is 10.7. The number of nitrogens with one attached hydrogen (secondary N) is 1. The third-order valence-corrected chi connectivity index (χ3v) is 7.04. The number of rotatable bonds is 7. The van der Waals surface area contributed by atoms with E-state index in [9.17, 15) is 13.6 Å². The number of anilines is 1. The molecule has 2 heterocycles. The summed E-state index contributed by atoms with van der Waals surface area (Å²) in [5.41, 5.74) is 4.85. The van der Waals surface area contributed by atoms with Gasteiger partial charge in [0.2, 0.25) is 5.89 Å². The second-order valence-corrected chi connectivity index (χ2v) is 9.90. The number of hydrogen-bond donors (Lipinski definition) is 1. The van der Waals surface area contributed by atoms with E-state index in [4.69, 9.17) is 13.6 Å². The molecule has 0 aliphatic carbocycles. The summed E-state index contributed by atoms with van der Waals surface area (Å²) in [7, 11) is 5.37. The zero-order chi connectivity index (χ0) is 29.5. The molecule has 0 unspecified atom stereocenters. The highest BCUT2D eigenvalue weighted by atomic mass is 19.1. The summed E-state index contributed by atoms with van der Waals surface area (Å²) in [4.78, 5) is 19.5. The van der Waals surface area contributed by atoms with Gasteiger partial charge in [0.05, 0.1) is 17.7 Å². The van der Waals surface area contributed by atoms with Gasteiger partial charge in [0, 0.05) is 49.4 Å². The van der Waals surface area contributed by atoms with Gasteiger partial charge in [-0.2, -0.15) is 0 Å². The van der Waals surface area contributed by atoms with E-state index in [2.05, 4.69) is 10.3 Å². The largest absolute Gasteiger partial charge is 0.493 e. The maximum absolute atomic E-state index is 14.5. The van der Waals surface area contributed by atoms with Crippen LogP contribution in [0.5, 0.6) is 5.75 Å². The first kappa shape index (κ1) is 27.0. The average molecular weight is 568 g/mol. The Balaban J connectivity index is 1.59. The summed E-state index contributed by atoms with van der Waals surface area (Å²) in [6, 6.07) is 19.8. The van der Waals surface area contributed by atoms with E-state index < -0.39 is 5.82 Å². The summed E-state index contributed by atoms with van der Waals surface area (Å²) in [5, 5.41) is 3.29. The van der Waals surface area contributed by atoms with Crippen LogP contribution in [0.1, 0.15) is 17.3 Å². The number of furan rings is 1. The standard InChI is InChI=1S/C33H27F2N3O4/c1-5-40-26-14-11-19(15-23(26)33-37-30-24(35)7-6-8-27(30)42-33)21-16-22-28(17-25(21)38(3)4)41-31(29(22)32(39)36-2)18-9-12-20(34)13-10-18/h6-17H,5H2,1-4H3,(H,36,39). The first-order valence-corrected chi connectivity index (χ1v) is 13.4. The molecule has 0 fully saturated rings. The van der Waals surface area contributed by atoms with E-state index in [1.165, 1.54) is 18.2 Å². The summed E-state index contributed by atoms with van der Waals surface area (Å²) < 4.78 is 46.2. The SMILES string of the molecule is CCOc1ccc(-c2cc3c(C(=O)NC)c(-c4ccc(F)cc4)oc3cc2N(C)C)cc1-c1nc2c(F)cccc2o1. The van der Waals surface area contributed by atoms with Crippen LogP contribution in [0.4, 0.5) is 14.5 Å². The summed E-state index contributed by atoms with van der Waals surface area (Å²) in [5.74, 6) is -0.101. The van der Waals surface area contributed by atoms with Crippen LogP contribution in [-0.4, -0.2) is 38.6 Å². The number of carbonyl (C=O) groups is 1. The molecule has 9 heteroatoms. The van der Waals surface area contributed by atoms with Crippen molar-refractivity contribution in [1.29, 1.82) is 0 Å². The van der Waals surface area contributed by atoms with Crippen LogP contribution in [0, 0.1) is 11.6 Å². The lowest BCUT2D eigenvalue weighted by Gasteiger charge is -2.19. The van der Waals surface area contributed by atoms with Crippen molar-refractivity contribution in [2.45, 2.75) is 6.92 Å². The van der Waals surface area contributed by atoms with Crippen LogP contribution < -0.4 is 15.0 Å². The van der Waals surface area contributed by atoms with E-state index in [1.54, 1.807) is 31.3 Å². The molecule has 212 valence electrons. The maximum Gasteiger partial charge on any atom is 0.255 e. The van der Waals surface area contributed by atoms with Crippen LogP contribution in [0.2, 0.25) is 0 Å². The topological polar surface area (TPSA) is 80.7 Å². The number of nitrogens with zero attached hydrogens (tertiary/aromatic N) is 2. The van der Waals surface area contributed by atoms with E-state index in [1.807, 2.05) is 56.3 Å². The first-order chi connectivity index (χ1) is 20.3. The van der Waals surface area contributed by atoms with Crippen molar-refractivity contribution in [3.8, 4) is 39.7 Å².